The van der Waals surface area contributed by atoms with Gasteiger partial charge < -0.3 is 19.0 Å². The van der Waals surface area contributed by atoms with E-state index in [1.165, 1.54) is 6.42 Å². The smallest absolute Gasteiger partial charge is 0.356 e. The fraction of sp³-hybridized carbons (Fsp3) is 0.381. The molecule has 7 heteroatoms. The number of amides is 1. The number of carbonyl (C=O) groups excluding carboxylic acids is 2. The minimum absolute atomic E-state index is 0.122. The molecule has 1 unspecified atom stereocenters. The van der Waals surface area contributed by atoms with E-state index >= 15 is 0 Å². The third kappa shape index (κ3) is 3.65. The largest absolute Gasteiger partial charge is 0.463 e. The molecule has 0 aliphatic heterocycles. The molecule has 1 aliphatic rings. The number of hydrogen-bond acceptors (Lipinski definition) is 5. The van der Waals surface area contributed by atoms with Crippen LogP contribution in [0.5, 0.6) is 0 Å². The number of esters is 1. The van der Waals surface area contributed by atoms with E-state index in [1.807, 2.05) is 0 Å². The molecule has 28 heavy (non-hydrogen) atoms. The van der Waals surface area contributed by atoms with Crippen LogP contribution in [-0.2, 0) is 16.6 Å². The van der Waals surface area contributed by atoms with Crippen LogP contribution in [0.15, 0.2) is 47.3 Å². The fourth-order valence-electron chi connectivity index (χ4n) is 3.74. The lowest BCUT2D eigenvalue weighted by Gasteiger charge is -2.25. The van der Waals surface area contributed by atoms with Gasteiger partial charge in [-0.25, -0.2) is 4.79 Å². The molecule has 1 saturated carbocycles. The molecule has 0 saturated heterocycles. The van der Waals surface area contributed by atoms with Gasteiger partial charge in [-0.05, 0) is 18.9 Å². The van der Waals surface area contributed by atoms with E-state index in [-0.39, 0.29) is 11.9 Å². The molecule has 146 valence electrons. The van der Waals surface area contributed by atoms with Crippen molar-refractivity contribution in [2.24, 2.45) is 7.05 Å². The second kappa shape index (κ2) is 7.88. The Hall–Kier alpha value is -3.09. The Labute approximate surface area is 162 Å². The summed E-state index contributed by atoms with van der Waals surface area (Å²) in [7, 11) is 1.76. The number of rotatable bonds is 5. The normalized spacial score (nSPS) is 16.0. The number of furan rings is 1. The summed E-state index contributed by atoms with van der Waals surface area (Å²) in [4.78, 5) is 29.8. The van der Waals surface area contributed by atoms with Crippen molar-refractivity contribution in [2.75, 3.05) is 0 Å². The van der Waals surface area contributed by atoms with Gasteiger partial charge in [0.05, 0.1) is 11.8 Å². The molecule has 1 atom stereocenters. The Balaban J connectivity index is 1.56. The SMILES string of the molecule is Cn1c(C(=O)OC(C(=O)NC2CCCCC2)c2cccnc2)cc2occc21. The summed E-state index contributed by atoms with van der Waals surface area (Å²) in [6.45, 7) is 0. The molecular weight excluding hydrogens is 358 g/mol. The zero-order valence-electron chi connectivity index (χ0n) is 15.8. The molecule has 1 fully saturated rings. The van der Waals surface area contributed by atoms with Crippen LogP contribution in [0.4, 0.5) is 0 Å². The first-order chi connectivity index (χ1) is 13.6. The molecule has 3 heterocycles. The first-order valence-corrected chi connectivity index (χ1v) is 9.57. The van der Waals surface area contributed by atoms with Crippen LogP contribution in [-0.4, -0.2) is 27.5 Å². The molecule has 4 rings (SSSR count). The monoisotopic (exact) mass is 381 g/mol. The van der Waals surface area contributed by atoms with Crippen LogP contribution < -0.4 is 5.32 Å². The van der Waals surface area contributed by atoms with Crippen molar-refractivity contribution in [1.82, 2.24) is 14.9 Å². The molecule has 1 amide bonds. The molecule has 1 N–H and O–H groups in total. The summed E-state index contributed by atoms with van der Waals surface area (Å²) in [6, 6.07) is 6.98. The van der Waals surface area contributed by atoms with Gasteiger partial charge in [0.15, 0.2) is 5.58 Å². The lowest BCUT2D eigenvalue weighted by atomic mass is 9.95. The van der Waals surface area contributed by atoms with Crippen molar-refractivity contribution in [1.29, 1.82) is 0 Å². The number of nitrogens with one attached hydrogen (secondary N) is 1. The number of aromatic nitrogens is 2. The second-order valence-corrected chi connectivity index (χ2v) is 7.17. The number of hydrogen-bond donors (Lipinski definition) is 1. The zero-order valence-corrected chi connectivity index (χ0v) is 15.8. The van der Waals surface area contributed by atoms with Gasteiger partial charge in [0.1, 0.15) is 5.69 Å². The predicted octanol–water partition coefficient (Wildman–Crippen LogP) is 3.51. The van der Waals surface area contributed by atoms with Gasteiger partial charge in [0, 0.05) is 43.2 Å². The number of aryl methyl sites for hydroxylation is 1. The summed E-state index contributed by atoms with van der Waals surface area (Å²) >= 11 is 0. The maximum Gasteiger partial charge on any atom is 0.356 e. The van der Waals surface area contributed by atoms with Crippen molar-refractivity contribution in [3.05, 3.63) is 54.2 Å². The maximum absolute atomic E-state index is 12.9. The van der Waals surface area contributed by atoms with E-state index in [0.717, 1.165) is 31.2 Å². The van der Waals surface area contributed by atoms with Crippen LogP contribution in [0, 0.1) is 0 Å². The average Bonchev–Trinajstić information content (AvgIpc) is 3.30. The highest BCUT2D eigenvalue weighted by Crippen LogP contribution is 2.25. The number of fused-ring (bicyclic) bond motifs is 1. The average molecular weight is 381 g/mol. The summed E-state index contributed by atoms with van der Waals surface area (Å²) < 4.78 is 12.7. The first kappa shape index (κ1) is 18.3. The van der Waals surface area contributed by atoms with Crippen molar-refractivity contribution < 1.29 is 18.7 Å². The van der Waals surface area contributed by atoms with Crippen LogP contribution in [0.25, 0.3) is 11.1 Å². The van der Waals surface area contributed by atoms with Gasteiger partial charge >= 0.3 is 5.97 Å². The molecule has 0 radical (unpaired) electrons. The number of nitrogens with zero attached hydrogens (tertiary/aromatic N) is 2. The van der Waals surface area contributed by atoms with Crippen molar-refractivity contribution in [3.63, 3.8) is 0 Å². The van der Waals surface area contributed by atoms with E-state index in [0.29, 0.717) is 16.8 Å². The van der Waals surface area contributed by atoms with E-state index in [4.69, 9.17) is 9.15 Å². The van der Waals surface area contributed by atoms with Crippen LogP contribution in [0.3, 0.4) is 0 Å². The Kier molecular flexibility index (Phi) is 5.14. The maximum atomic E-state index is 12.9. The number of pyridine rings is 1. The standard InChI is InChI=1S/C21H23N3O4/c1-24-16-9-11-27-18(16)12-17(24)21(26)28-19(14-6-5-10-22-13-14)20(25)23-15-7-3-2-4-8-15/h5-6,9-13,15,19H,2-4,7-8H2,1H3,(H,23,25). The van der Waals surface area contributed by atoms with Gasteiger partial charge in [0.25, 0.3) is 5.91 Å². The van der Waals surface area contributed by atoms with E-state index in [9.17, 15) is 9.59 Å². The minimum Gasteiger partial charge on any atom is -0.463 e. The lowest BCUT2D eigenvalue weighted by molar-refractivity contribution is -0.131. The molecule has 1 aliphatic carbocycles. The highest BCUT2D eigenvalue weighted by molar-refractivity contribution is 5.95. The molecule has 0 bridgehead atoms. The van der Waals surface area contributed by atoms with Gasteiger partial charge in [0.2, 0.25) is 6.10 Å². The van der Waals surface area contributed by atoms with Gasteiger partial charge in [-0.2, -0.15) is 0 Å². The topological polar surface area (TPSA) is 86.4 Å². The summed E-state index contributed by atoms with van der Waals surface area (Å²) in [5.41, 5.74) is 2.26. The molecule has 0 aromatic carbocycles. The lowest BCUT2D eigenvalue weighted by Crippen LogP contribution is -2.40. The predicted molar refractivity (Wildman–Crippen MR) is 103 cm³/mol. The Morgan fingerprint density at radius 3 is 2.82 bits per heavy atom. The molecule has 7 nitrogen and oxygen atoms in total. The Morgan fingerprint density at radius 2 is 2.11 bits per heavy atom. The van der Waals surface area contributed by atoms with E-state index < -0.39 is 12.1 Å². The molecule has 3 aromatic heterocycles. The third-order valence-electron chi connectivity index (χ3n) is 5.27. The van der Waals surface area contributed by atoms with Gasteiger partial charge in [-0.3, -0.25) is 9.78 Å². The Morgan fingerprint density at radius 1 is 1.29 bits per heavy atom. The van der Waals surface area contributed by atoms with Crippen molar-refractivity contribution in [2.45, 2.75) is 44.2 Å². The third-order valence-corrected chi connectivity index (χ3v) is 5.27. The summed E-state index contributed by atoms with van der Waals surface area (Å²) in [5.74, 6) is -0.896. The highest BCUT2D eigenvalue weighted by Gasteiger charge is 2.29. The van der Waals surface area contributed by atoms with Gasteiger partial charge in [-0.15, -0.1) is 0 Å². The quantitative estimate of drug-likeness (QED) is 0.684. The van der Waals surface area contributed by atoms with Crippen LogP contribution >= 0.6 is 0 Å². The summed E-state index contributed by atoms with van der Waals surface area (Å²) in [5, 5.41) is 3.04. The van der Waals surface area contributed by atoms with Crippen LogP contribution in [0.1, 0.15) is 54.3 Å². The van der Waals surface area contributed by atoms with Gasteiger partial charge in [-0.1, -0.05) is 25.3 Å². The molecule has 0 spiro atoms. The number of ether oxygens (including phenoxy) is 1. The van der Waals surface area contributed by atoms with Crippen molar-refractivity contribution in [3.8, 4) is 0 Å². The zero-order chi connectivity index (χ0) is 19.5. The highest BCUT2D eigenvalue weighted by atomic mass is 16.5. The molecule has 3 aromatic rings. The van der Waals surface area contributed by atoms with E-state index in [1.54, 1.807) is 54.5 Å². The first-order valence-electron chi connectivity index (χ1n) is 9.57. The molecular formula is C21H23N3O4. The summed E-state index contributed by atoms with van der Waals surface area (Å²) in [6.07, 6.45) is 8.99. The number of carbonyl (C=O) groups is 2. The Bertz CT molecular complexity index is 970. The fourth-order valence-corrected chi connectivity index (χ4v) is 3.74. The van der Waals surface area contributed by atoms with Crippen molar-refractivity contribution >= 4 is 23.0 Å². The minimum atomic E-state index is -1.05. The second-order valence-electron chi connectivity index (χ2n) is 7.17. The van der Waals surface area contributed by atoms with Crippen LogP contribution in [0.2, 0.25) is 0 Å². The van der Waals surface area contributed by atoms with E-state index in [2.05, 4.69) is 10.3 Å².